The summed E-state index contributed by atoms with van der Waals surface area (Å²) >= 11 is 0. The number of hydrogen-bond acceptors (Lipinski definition) is 7. The highest BCUT2D eigenvalue weighted by molar-refractivity contribution is 5.82. The van der Waals surface area contributed by atoms with Gasteiger partial charge < -0.3 is 15.4 Å². The fraction of sp³-hybridized carbons (Fsp3) is 0.435. The molecule has 0 amide bonds. The highest BCUT2D eigenvalue weighted by Gasteiger charge is 2.29. The van der Waals surface area contributed by atoms with Crippen molar-refractivity contribution in [3.63, 3.8) is 0 Å². The highest BCUT2D eigenvalue weighted by atomic mass is 19.1. The number of pyridine rings is 1. The molecule has 1 aromatic carbocycles. The zero-order chi connectivity index (χ0) is 21.5. The highest BCUT2D eigenvalue weighted by Crippen LogP contribution is 2.42. The van der Waals surface area contributed by atoms with Crippen LogP contribution < -0.4 is 15.4 Å². The molecule has 5 rings (SSSR count). The molecule has 0 radical (unpaired) electrons. The van der Waals surface area contributed by atoms with Crippen LogP contribution >= 0.6 is 0 Å². The molecule has 0 atom stereocenters. The monoisotopic (exact) mass is 422 g/mol. The summed E-state index contributed by atoms with van der Waals surface area (Å²) in [5.74, 6) is 1.97. The van der Waals surface area contributed by atoms with E-state index in [2.05, 4.69) is 9.80 Å². The molecule has 162 valence electrons. The molecule has 1 saturated carbocycles. The molecule has 2 N–H and O–H groups in total. The summed E-state index contributed by atoms with van der Waals surface area (Å²) < 4.78 is 19.4. The van der Waals surface area contributed by atoms with Crippen molar-refractivity contribution in [2.45, 2.75) is 32.2 Å². The largest absolute Gasteiger partial charge is 0.497 e. The van der Waals surface area contributed by atoms with E-state index >= 15 is 0 Å². The number of rotatable bonds is 5. The van der Waals surface area contributed by atoms with E-state index in [1.165, 1.54) is 6.07 Å². The number of nitrogen functional groups attached to an aromatic ring is 1. The van der Waals surface area contributed by atoms with Gasteiger partial charge in [-0.1, -0.05) is 6.07 Å². The number of methoxy groups -OCH3 is 1. The number of fused-ring (bicyclic) bond motifs is 1. The lowest BCUT2D eigenvalue weighted by Crippen LogP contribution is -2.46. The maximum atomic E-state index is 14.3. The molecule has 31 heavy (non-hydrogen) atoms. The van der Waals surface area contributed by atoms with Crippen LogP contribution in [0.2, 0.25) is 0 Å². The maximum Gasteiger partial charge on any atom is 0.172 e. The Morgan fingerprint density at radius 1 is 1.10 bits per heavy atom. The van der Waals surface area contributed by atoms with E-state index in [4.69, 9.17) is 25.4 Å². The summed E-state index contributed by atoms with van der Waals surface area (Å²) in [5, 5.41) is 0. The Hall–Kier alpha value is -3.00. The number of halogens is 1. The Balaban J connectivity index is 1.32. The van der Waals surface area contributed by atoms with Crippen molar-refractivity contribution in [2.24, 2.45) is 0 Å². The second-order valence-corrected chi connectivity index (χ2v) is 8.44. The van der Waals surface area contributed by atoms with Gasteiger partial charge in [-0.05, 0) is 31.9 Å². The van der Waals surface area contributed by atoms with Crippen LogP contribution in [-0.4, -0.2) is 53.1 Å². The van der Waals surface area contributed by atoms with Crippen LogP contribution in [-0.2, 0) is 6.54 Å². The summed E-state index contributed by atoms with van der Waals surface area (Å²) in [4.78, 5) is 18.7. The molecule has 1 saturated heterocycles. The summed E-state index contributed by atoms with van der Waals surface area (Å²) in [7, 11) is 1.54. The molecule has 8 heteroatoms. The molecule has 7 nitrogen and oxygen atoms in total. The standard InChI is InChI=1S/C23H27FN6O/c1-14-11-19-21(20(26-14)15-3-4-15)28-22(25)23(27-19)30-9-7-29(8-10-30)13-16-5-6-17(31-2)12-18(16)24/h5-6,11-12,15H,3-4,7-10,13H2,1-2H3,(H2,25,28). The molecule has 2 fully saturated rings. The Kier molecular flexibility index (Phi) is 5.09. The molecule has 1 aliphatic heterocycles. The maximum absolute atomic E-state index is 14.3. The number of ether oxygens (including phenoxy) is 1. The number of aromatic nitrogens is 3. The smallest absolute Gasteiger partial charge is 0.172 e. The first-order valence-electron chi connectivity index (χ1n) is 10.8. The van der Waals surface area contributed by atoms with E-state index in [9.17, 15) is 4.39 Å². The van der Waals surface area contributed by atoms with Crippen LogP contribution in [0.15, 0.2) is 24.3 Å². The van der Waals surface area contributed by atoms with Crippen LogP contribution in [0, 0.1) is 12.7 Å². The zero-order valence-corrected chi connectivity index (χ0v) is 17.9. The van der Waals surface area contributed by atoms with Crippen molar-refractivity contribution in [3.05, 3.63) is 47.0 Å². The predicted molar refractivity (Wildman–Crippen MR) is 119 cm³/mol. The lowest BCUT2D eigenvalue weighted by molar-refractivity contribution is 0.246. The van der Waals surface area contributed by atoms with E-state index in [1.807, 2.05) is 13.0 Å². The number of nitrogens with two attached hydrogens (primary N) is 1. The molecule has 0 unspecified atom stereocenters. The minimum absolute atomic E-state index is 0.234. The molecule has 3 heterocycles. The van der Waals surface area contributed by atoms with Gasteiger partial charge in [0.05, 0.1) is 18.3 Å². The topological polar surface area (TPSA) is 80.4 Å². The third-order valence-corrected chi connectivity index (χ3v) is 6.11. The summed E-state index contributed by atoms with van der Waals surface area (Å²) in [5.41, 5.74) is 10.7. The van der Waals surface area contributed by atoms with Crippen molar-refractivity contribution in [1.29, 1.82) is 0 Å². The molecule has 2 aliphatic rings. The van der Waals surface area contributed by atoms with Crippen molar-refractivity contribution < 1.29 is 9.13 Å². The summed E-state index contributed by atoms with van der Waals surface area (Å²) in [6.45, 7) is 5.70. The van der Waals surface area contributed by atoms with E-state index in [0.29, 0.717) is 29.6 Å². The predicted octanol–water partition coefficient (Wildman–Crippen LogP) is 3.26. The van der Waals surface area contributed by atoms with Gasteiger partial charge in [-0.25, -0.2) is 14.4 Å². The molecule has 0 bridgehead atoms. The van der Waals surface area contributed by atoms with Gasteiger partial charge in [0.25, 0.3) is 0 Å². The fourth-order valence-corrected chi connectivity index (χ4v) is 4.23. The van der Waals surface area contributed by atoms with Gasteiger partial charge in [-0.15, -0.1) is 0 Å². The first-order valence-corrected chi connectivity index (χ1v) is 10.8. The van der Waals surface area contributed by atoms with Crippen LogP contribution in [0.5, 0.6) is 5.75 Å². The number of aryl methyl sites for hydroxylation is 1. The molecule has 2 aromatic heterocycles. The average Bonchev–Trinajstić information content (AvgIpc) is 3.60. The number of nitrogens with zero attached hydrogens (tertiary/aromatic N) is 5. The molecule has 3 aromatic rings. The third-order valence-electron chi connectivity index (χ3n) is 6.11. The van der Waals surface area contributed by atoms with Crippen molar-refractivity contribution in [1.82, 2.24) is 19.9 Å². The molecular weight excluding hydrogens is 395 g/mol. The van der Waals surface area contributed by atoms with Gasteiger partial charge in [0.1, 0.15) is 17.1 Å². The Morgan fingerprint density at radius 2 is 1.87 bits per heavy atom. The minimum Gasteiger partial charge on any atom is -0.497 e. The second-order valence-electron chi connectivity index (χ2n) is 8.44. The Bertz CT molecular complexity index is 1120. The number of piperazine rings is 1. The average molecular weight is 423 g/mol. The molecular formula is C23H27FN6O. The lowest BCUT2D eigenvalue weighted by atomic mass is 10.1. The summed E-state index contributed by atoms with van der Waals surface area (Å²) in [6.07, 6.45) is 2.32. The lowest BCUT2D eigenvalue weighted by Gasteiger charge is -2.35. The van der Waals surface area contributed by atoms with Crippen LogP contribution in [0.4, 0.5) is 16.0 Å². The second kappa shape index (κ2) is 7.92. The van der Waals surface area contributed by atoms with Gasteiger partial charge in [0.15, 0.2) is 11.6 Å². The van der Waals surface area contributed by atoms with Gasteiger partial charge in [-0.2, -0.15) is 0 Å². The Morgan fingerprint density at radius 3 is 2.55 bits per heavy atom. The fourth-order valence-electron chi connectivity index (χ4n) is 4.23. The van der Waals surface area contributed by atoms with E-state index in [0.717, 1.165) is 67.3 Å². The SMILES string of the molecule is COc1ccc(CN2CCN(c3nc4cc(C)nc(C5CC5)c4nc3N)CC2)c(F)c1. The van der Waals surface area contributed by atoms with Gasteiger partial charge >= 0.3 is 0 Å². The van der Waals surface area contributed by atoms with Crippen LogP contribution in [0.25, 0.3) is 11.0 Å². The van der Waals surface area contributed by atoms with Gasteiger partial charge in [-0.3, -0.25) is 9.88 Å². The van der Waals surface area contributed by atoms with E-state index in [-0.39, 0.29) is 5.82 Å². The first kappa shape index (κ1) is 19.9. The zero-order valence-electron chi connectivity index (χ0n) is 17.9. The van der Waals surface area contributed by atoms with Gasteiger partial charge in [0, 0.05) is 56.0 Å². The number of hydrogen-bond donors (Lipinski definition) is 1. The van der Waals surface area contributed by atoms with E-state index in [1.54, 1.807) is 19.2 Å². The Labute approximate surface area is 181 Å². The minimum atomic E-state index is -0.234. The molecule has 0 spiro atoms. The van der Waals surface area contributed by atoms with Crippen LogP contribution in [0.1, 0.15) is 35.7 Å². The summed E-state index contributed by atoms with van der Waals surface area (Å²) in [6, 6.07) is 7.01. The third kappa shape index (κ3) is 3.99. The van der Waals surface area contributed by atoms with Crippen molar-refractivity contribution >= 4 is 22.7 Å². The van der Waals surface area contributed by atoms with Crippen molar-refractivity contribution in [3.8, 4) is 5.75 Å². The van der Waals surface area contributed by atoms with E-state index < -0.39 is 0 Å². The first-order chi connectivity index (χ1) is 15.0. The number of anilines is 2. The van der Waals surface area contributed by atoms with Gasteiger partial charge in [0.2, 0.25) is 0 Å². The van der Waals surface area contributed by atoms with Crippen molar-refractivity contribution in [2.75, 3.05) is 43.9 Å². The quantitative estimate of drug-likeness (QED) is 0.676. The number of benzene rings is 1. The normalized spacial score (nSPS) is 17.3. The van der Waals surface area contributed by atoms with Crippen LogP contribution in [0.3, 0.4) is 0 Å². The molecule has 1 aliphatic carbocycles.